The second kappa shape index (κ2) is 7.66. The largest absolute Gasteiger partial charge is 0.396 e. The summed E-state index contributed by atoms with van der Waals surface area (Å²) in [5.41, 5.74) is 2.18. The van der Waals surface area contributed by atoms with Crippen LogP contribution in [0.3, 0.4) is 0 Å². The molecule has 0 aromatic heterocycles. The third-order valence-corrected chi connectivity index (χ3v) is 13.0. The quantitative estimate of drug-likeness (QED) is 0.442. The Hall–Kier alpha value is -0.680. The summed E-state index contributed by atoms with van der Waals surface area (Å²) in [6.07, 6.45) is 8.93. The molecule has 0 spiro atoms. The normalized spacial score (nSPS) is 56.6. The van der Waals surface area contributed by atoms with Crippen LogP contribution in [-0.4, -0.2) is 45.8 Å². The van der Waals surface area contributed by atoms with Gasteiger partial charge in [0.15, 0.2) is 0 Å². The highest BCUT2D eigenvalue weighted by Crippen LogP contribution is 2.76. The van der Waals surface area contributed by atoms with Crippen LogP contribution in [0.15, 0.2) is 23.8 Å². The summed E-state index contributed by atoms with van der Waals surface area (Å²) in [4.78, 5) is 0. The first-order valence-corrected chi connectivity index (χ1v) is 13.8. The molecule has 4 fully saturated rings. The van der Waals surface area contributed by atoms with Crippen LogP contribution in [0, 0.1) is 50.7 Å². The van der Waals surface area contributed by atoms with E-state index >= 15 is 0 Å². The zero-order valence-corrected chi connectivity index (χ0v) is 22.1. The highest BCUT2D eigenvalue weighted by atomic mass is 16.3. The average Bonchev–Trinajstić information content (AvgIpc) is 3.18. The van der Waals surface area contributed by atoms with E-state index in [0.717, 1.165) is 44.9 Å². The van der Waals surface area contributed by atoms with Crippen molar-refractivity contribution >= 4 is 0 Å². The Labute approximate surface area is 206 Å². The maximum Gasteiger partial charge on any atom is 0.0877 e. The number of hydrogen-bond acceptors (Lipinski definition) is 4. The van der Waals surface area contributed by atoms with E-state index in [1.165, 1.54) is 5.57 Å². The van der Waals surface area contributed by atoms with Gasteiger partial charge in [0, 0.05) is 17.4 Å². The molecule has 0 aromatic rings. The molecule has 34 heavy (non-hydrogen) atoms. The van der Waals surface area contributed by atoms with Gasteiger partial charge in [0.05, 0.1) is 18.8 Å². The first-order valence-electron chi connectivity index (χ1n) is 13.8. The SMILES string of the molecule is C=C(C)[C@@H]1CC[C@]2(CO)CC[C@]3(C)C(=CC[C@@H]4[C@@]5(C)C[C@@H](O)[C@H](O)[C@@](C)(CO)[C@@H]5CC[C@]43C)[C@@H]12. The molecule has 0 aromatic carbocycles. The van der Waals surface area contributed by atoms with Crippen LogP contribution in [0.5, 0.6) is 0 Å². The van der Waals surface area contributed by atoms with Crippen LogP contribution in [0.2, 0.25) is 0 Å². The van der Waals surface area contributed by atoms with Crippen LogP contribution >= 0.6 is 0 Å². The number of rotatable bonds is 3. The molecule has 4 N–H and O–H groups in total. The molecule has 0 bridgehead atoms. The van der Waals surface area contributed by atoms with Gasteiger partial charge in [-0.2, -0.15) is 0 Å². The van der Waals surface area contributed by atoms with Gasteiger partial charge in [0.1, 0.15) is 0 Å². The van der Waals surface area contributed by atoms with E-state index in [0.29, 0.717) is 24.2 Å². The molecule has 0 saturated heterocycles. The lowest BCUT2D eigenvalue weighted by Crippen LogP contribution is -2.67. The third kappa shape index (κ3) is 2.80. The summed E-state index contributed by atoms with van der Waals surface area (Å²) in [5, 5.41) is 43.0. The molecule has 0 aliphatic heterocycles. The highest BCUT2D eigenvalue weighted by molar-refractivity contribution is 5.36. The fraction of sp³-hybridized carbons (Fsp3) is 0.867. The van der Waals surface area contributed by atoms with Crippen molar-refractivity contribution in [3.8, 4) is 0 Å². The second-order valence-corrected chi connectivity index (χ2v) is 14.2. The van der Waals surface area contributed by atoms with Crippen LogP contribution in [0.25, 0.3) is 0 Å². The topological polar surface area (TPSA) is 80.9 Å². The number of hydrogen-bond donors (Lipinski definition) is 4. The van der Waals surface area contributed by atoms with Gasteiger partial charge in [0.25, 0.3) is 0 Å². The van der Waals surface area contributed by atoms with Gasteiger partial charge in [-0.3, -0.25) is 0 Å². The molecule has 0 heterocycles. The molecule has 4 nitrogen and oxygen atoms in total. The Morgan fingerprint density at radius 3 is 2.29 bits per heavy atom. The predicted molar refractivity (Wildman–Crippen MR) is 135 cm³/mol. The van der Waals surface area contributed by atoms with Crippen molar-refractivity contribution in [1.29, 1.82) is 0 Å². The Balaban J connectivity index is 1.61. The molecule has 0 unspecified atom stereocenters. The molecule has 192 valence electrons. The van der Waals surface area contributed by atoms with E-state index in [2.05, 4.69) is 40.3 Å². The third-order valence-electron chi connectivity index (χ3n) is 13.0. The molecule has 5 aliphatic rings. The van der Waals surface area contributed by atoms with E-state index in [9.17, 15) is 20.4 Å². The van der Waals surface area contributed by atoms with Crippen LogP contribution < -0.4 is 0 Å². The van der Waals surface area contributed by atoms with Gasteiger partial charge in [-0.05, 0) is 98.2 Å². The average molecular weight is 473 g/mol. The van der Waals surface area contributed by atoms with Gasteiger partial charge in [0.2, 0.25) is 0 Å². The molecule has 4 saturated carbocycles. The molecule has 4 heteroatoms. The first kappa shape index (κ1) is 25.0. The summed E-state index contributed by atoms with van der Waals surface area (Å²) in [5.74, 6) is 1.43. The Kier molecular flexibility index (Phi) is 5.63. The number of fused-ring (bicyclic) bond motifs is 7. The molecule has 0 radical (unpaired) electrons. The minimum atomic E-state index is -0.875. The minimum Gasteiger partial charge on any atom is -0.396 e. The highest BCUT2D eigenvalue weighted by Gasteiger charge is 2.70. The van der Waals surface area contributed by atoms with Crippen molar-refractivity contribution in [2.45, 2.75) is 98.2 Å². The van der Waals surface area contributed by atoms with E-state index < -0.39 is 17.6 Å². The summed E-state index contributed by atoms with van der Waals surface area (Å²) >= 11 is 0. The first-order chi connectivity index (χ1) is 15.8. The molecule has 0 amide bonds. The van der Waals surface area contributed by atoms with Gasteiger partial charge in [-0.25, -0.2) is 0 Å². The van der Waals surface area contributed by atoms with E-state index in [1.54, 1.807) is 5.57 Å². The van der Waals surface area contributed by atoms with Gasteiger partial charge < -0.3 is 20.4 Å². The lowest BCUT2D eigenvalue weighted by atomic mass is 9.34. The lowest BCUT2D eigenvalue weighted by Gasteiger charge is -2.71. The zero-order valence-electron chi connectivity index (χ0n) is 22.1. The lowest BCUT2D eigenvalue weighted by molar-refractivity contribution is -0.242. The van der Waals surface area contributed by atoms with Crippen molar-refractivity contribution in [3.05, 3.63) is 23.8 Å². The Morgan fingerprint density at radius 2 is 1.68 bits per heavy atom. The maximum atomic E-state index is 11.0. The van der Waals surface area contributed by atoms with Gasteiger partial charge in [-0.1, -0.05) is 51.5 Å². The van der Waals surface area contributed by atoms with Crippen molar-refractivity contribution in [2.75, 3.05) is 13.2 Å². The summed E-state index contributed by atoms with van der Waals surface area (Å²) in [6.45, 7) is 16.1. The van der Waals surface area contributed by atoms with Crippen molar-refractivity contribution < 1.29 is 20.4 Å². The minimum absolute atomic E-state index is 0.000135. The summed E-state index contributed by atoms with van der Waals surface area (Å²) in [6, 6.07) is 0. The van der Waals surface area contributed by atoms with E-state index in [4.69, 9.17) is 0 Å². The van der Waals surface area contributed by atoms with Gasteiger partial charge >= 0.3 is 0 Å². The molecule has 5 aliphatic carbocycles. The van der Waals surface area contributed by atoms with Crippen molar-refractivity contribution in [1.82, 2.24) is 0 Å². The van der Waals surface area contributed by atoms with Gasteiger partial charge in [-0.15, -0.1) is 0 Å². The van der Waals surface area contributed by atoms with Crippen LogP contribution in [0.4, 0.5) is 0 Å². The molecule has 11 atom stereocenters. The fourth-order valence-electron chi connectivity index (χ4n) is 10.9. The molecular formula is C30H48O4. The second-order valence-electron chi connectivity index (χ2n) is 14.2. The van der Waals surface area contributed by atoms with E-state index in [-0.39, 0.29) is 40.8 Å². The Morgan fingerprint density at radius 1 is 0.971 bits per heavy atom. The van der Waals surface area contributed by atoms with Crippen molar-refractivity contribution in [2.24, 2.45) is 50.7 Å². The molecule has 5 rings (SSSR count). The zero-order chi connectivity index (χ0) is 24.9. The molecular weight excluding hydrogens is 424 g/mol. The van der Waals surface area contributed by atoms with Crippen LogP contribution in [0.1, 0.15) is 86.0 Å². The smallest absolute Gasteiger partial charge is 0.0877 e. The number of allylic oxidation sites excluding steroid dienone is 3. The van der Waals surface area contributed by atoms with E-state index in [1.807, 2.05) is 6.92 Å². The number of aliphatic hydroxyl groups excluding tert-OH is 4. The maximum absolute atomic E-state index is 11.0. The Bertz CT molecular complexity index is 896. The predicted octanol–water partition coefficient (Wildman–Crippen LogP) is 4.86. The monoisotopic (exact) mass is 472 g/mol. The summed E-state index contributed by atoms with van der Waals surface area (Å²) in [7, 11) is 0. The van der Waals surface area contributed by atoms with Crippen molar-refractivity contribution in [3.63, 3.8) is 0 Å². The fourth-order valence-corrected chi connectivity index (χ4v) is 10.9. The summed E-state index contributed by atoms with van der Waals surface area (Å²) < 4.78 is 0. The van der Waals surface area contributed by atoms with Crippen LogP contribution in [-0.2, 0) is 0 Å². The standard InChI is InChI=1S/C30H48O4/c1-18(2)19-9-12-30(17-32)14-13-28(5)20(24(19)30)7-8-23-26(3)15-21(33)25(34)27(4,16-31)22(26)10-11-29(23,28)6/h7,19,21-25,31-34H,1,8-17H2,2-6H3/t19-,21+,22+,23+,24+,25-,26-,27-,28+,29+,30+/m0/s1. The number of aliphatic hydroxyl groups is 4.